The molecule has 0 radical (unpaired) electrons. The Morgan fingerprint density at radius 1 is 0.958 bits per heavy atom. The van der Waals surface area contributed by atoms with Gasteiger partial charge in [-0.25, -0.2) is 0 Å². The second-order valence-corrected chi connectivity index (χ2v) is 7.37. The van der Waals surface area contributed by atoms with Crippen molar-refractivity contribution < 1.29 is 4.74 Å². The predicted molar refractivity (Wildman–Crippen MR) is 100 cm³/mol. The Kier molecular flexibility index (Phi) is 3.80. The van der Waals surface area contributed by atoms with E-state index in [-0.39, 0.29) is 5.60 Å². The van der Waals surface area contributed by atoms with E-state index in [0.717, 1.165) is 18.6 Å². The maximum Gasteiger partial charge on any atom is 0.128 e. The number of hydrogen-bond donors (Lipinski definition) is 0. The van der Waals surface area contributed by atoms with E-state index in [1.54, 1.807) is 0 Å². The monoisotopic (exact) mass is 316 g/mol. The van der Waals surface area contributed by atoms with Crippen molar-refractivity contribution in [2.24, 2.45) is 0 Å². The topological polar surface area (TPSA) is 9.23 Å². The molecule has 1 nitrogen and oxygen atoms in total. The van der Waals surface area contributed by atoms with Crippen molar-refractivity contribution in [2.75, 3.05) is 0 Å². The summed E-state index contributed by atoms with van der Waals surface area (Å²) in [4.78, 5) is 0. The summed E-state index contributed by atoms with van der Waals surface area (Å²) >= 11 is 0. The van der Waals surface area contributed by atoms with E-state index >= 15 is 0 Å². The number of rotatable bonds is 2. The Bertz CT molecular complexity index is 796. The lowest BCUT2D eigenvalue weighted by Gasteiger charge is -2.33. The molecule has 24 heavy (non-hydrogen) atoms. The third-order valence-electron chi connectivity index (χ3n) is 5.07. The highest BCUT2D eigenvalue weighted by Crippen LogP contribution is 2.43. The first-order valence-electron chi connectivity index (χ1n) is 8.88. The Morgan fingerprint density at radius 2 is 1.71 bits per heavy atom. The molecule has 4 rings (SSSR count). The number of fused-ring (bicyclic) bond motifs is 1. The lowest BCUT2D eigenvalue weighted by molar-refractivity contribution is 0.158. The number of hydrogen-bond acceptors (Lipinski definition) is 1. The normalized spacial score (nSPS) is 22.0. The molecule has 1 aliphatic carbocycles. The molecule has 1 heteroatoms. The third-order valence-corrected chi connectivity index (χ3v) is 5.07. The van der Waals surface area contributed by atoms with Gasteiger partial charge in [-0.1, -0.05) is 54.6 Å². The Hall–Kier alpha value is -2.28. The van der Waals surface area contributed by atoms with Crippen LogP contribution in [0.1, 0.15) is 50.2 Å². The maximum atomic E-state index is 6.13. The first kappa shape index (κ1) is 15.3. The van der Waals surface area contributed by atoms with Crippen molar-refractivity contribution in [1.29, 1.82) is 0 Å². The van der Waals surface area contributed by atoms with Crippen molar-refractivity contribution >= 4 is 5.57 Å². The average Bonchev–Trinajstić information content (AvgIpc) is 2.61. The van der Waals surface area contributed by atoms with Gasteiger partial charge in [0.15, 0.2) is 0 Å². The smallest absolute Gasteiger partial charge is 0.128 e. The fourth-order valence-electron chi connectivity index (χ4n) is 3.89. The van der Waals surface area contributed by atoms with Crippen LogP contribution < -0.4 is 4.74 Å². The van der Waals surface area contributed by atoms with Crippen LogP contribution in [0, 0.1) is 0 Å². The first-order chi connectivity index (χ1) is 11.6. The van der Waals surface area contributed by atoms with Crippen LogP contribution in [0.4, 0.5) is 0 Å². The Balaban J connectivity index is 1.64. The summed E-state index contributed by atoms with van der Waals surface area (Å²) in [6, 6.07) is 19.3. The molecular formula is C23H24O. The van der Waals surface area contributed by atoms with E-state index in [1.165, 1.54) is 28.7 Å². The highest BCUT2D eigenvalue weighted by Gasteiger charge is 2.29. The molecule has 0 fully saturated rings. The number of ether oxygens (including phenoxy) is 1. The minimum absolute atomic E-state index is 0.249. The summed E-state index contributed by atoms with van der Waals surface area (Å²) in [5.41, 5.74) is 5.30. The molecule has 2 aliphatic rings. The van der Waals surface area contributed by atoms with Crippen LogP contribution >= 0.6 is 0 Å². The van der Waals surface area contributed by atoms with Gasteiger partial charge in [0, 0.05) is 5.56 Å². The fraction of sp³-hybridized carbons (Fsp3) is 0.304. The first-order valence-corrected chi connectivity index (χ1v) is 8.88. The van der Waals surface area contributed by atoms with Gasteiger partial charge in [-0.15, -0.1) is 0 Å². The van der Waals surface area contributed by atoms with Crippen LogP contribution in [0.2, 0.25) is 0 Å². The van der Waals surface area contributed by atoms with Crippen LogP contribution in [0.3, 0.4) is 0 Å². The van der Waals surface area contributed by atoms with Crippen molar-refractivity contribution in [1.82, 2.24) is 0 Å². The maximum absolute atomic E-state index is 6.13. The van der Waals surface area contributed by atoms with Gasteiger partial charge < -0.3 is 4.74 Å². The summed E-state index contributed by atoms with van der Waals surface area (Å²) in [5, 5.41) is 0. The van der Waals surface area contributed by atoms with Gasteiger partial charge in [0.1, 0.15) is 11.4 Å². The molecule has 0 aromatic heterocycles. The van der Waals surface area contributed by atoms with E-state index in [1.807, 2.05) is 0 Å². The molecule has 122 valence electrons. The summed E-state index contributed by atoms with van der Waals surface area (Å²) in [6.07, 6.45) is 8.22. The molecule has 0 bridgehead atoms. The molecule has 1 aliphatic heterocycles. The van der Waals surface area contributed by atoms with Crippen LogP contribution in [-0.2, 0) is 0 Å². The fourth-order valence-corrected chi connectivity index (χ4v) is 3.89. The van der Waals surface area contributed by atoms with Gasteiger partial charge in [0.05, 0.1) is 0 Å². The van der Waals surface area contributed by atoms with E-state index in [0.29, 0.717) is 5.92 Å². The van der Waals surface area contributed by atoms with Crippen molar-refractivity contribution in [2.45, 2.75) is 44.6 Å². The second-order valence-electron chi connectivity index (χ2n) is 7.37. The standard InChI is InChI=1S/C23H24O/c1-23(2)16-21(20-10-6-7-11-22(20)24-23)19-14-12-18(13-15-19)17-8-4-3-5-9-17/h3-11,14,16,18H,12-13,15H2,1-2H3. The largest absolute Gasteiger partial charge is 0.483 e. The molecule has 0 spiro atoms. The molecule has 0 saturated carbocycles. The summed E-state index contributed by atoms with van der Waals surface area (Å²) < 4.78 is 6.13. The molecule has 1 heterocycles. The average molecular weight is 316 g/mol. The van der Waals surface area contributed by atoms with Gasteiger partial charge in [0.25, 0.3) is 0 Å². The highest BCUT2D eigenvalue weighted by atomic mass is 16.5. The van der Waals surface area contributed by atoms with Crippen LogP contribution in [0.25, 0.3) is 5.57 Å². The van der Waals surface area contributed by atoms with Gasteiger partial charge >= 0.3 is 0 Å². The van der Waals surface area contributed by atoms with Crippen LogP contribution in [0.5, 0.6) is 5.75 Å². The minimum atomic E-state index is -0.249. The molecule has 2 aromatic rings. The minimum Gasteiger partial charge on any atom is -0.483 e. The van der Waals surface area contributed by atoms with E-state index < -0.39 is 0 Å². The number of para-hydroxylation sites is 1. The summed E-state index contributed by atoms with van der Waals surface area (Å²) in [6.45, 7) is 4.28. The van der Waals surface area contributed by atoms with Gasteiger partial charge in [-0.05, 0) is 67.9 Å². The van der Waals surface area contributed by atoms with Crippen molar-refractivity contribution in [3.05, 3.63) is 83.4 Å². The van der Waals surface area contributed by atoms with Gasteiger partial charge in [-0.3, -0.25) is 0 Å². The molecular weight excluding hydrogens is 292 g/mol. The van der Waals surface area contributed by atoms with Crippen molar-refractivity contribution in [3.63, 3.8) is 0 Å². The zero-order chi connectivity index (χ0) is 16.6. The highest BCUT2D eigenvalue weighted by molar-refractivity contribution is 5.84. The molecule has 1 atom stereocenters. The molecule has 1 unspecified atom stereocenters. The van der Waals surface area contributed by atoms with Gasteiger partial charge in [0.2, 0.25) is 0 Å². The van der Waals surface area contributed by atoms with E-state index in [9.17, 15) is 0 Å². The quantitative estimate of drug-likeness (QED) is 0.647. The number of benzene rings is 2. The van der Waals surface area contributed by atoms with E-state index in [2.05, 4.69) is 80.6 Å². The summed E-state index contributed by atoms with van der Waals surface area (Å²) in [5.74, 6) is 1.66. The lowest BCUT2D eigenvalue weighted by atomic mass is 9.79. The van der Waals surface area contributed by atoms with Crippen LogP contribution in [0.15, 0.2) is 72.3 Å². The zero-order valence-corrected chi connectivity index (χ0v) is 14.5. The van der Waals surface area contributed by atoms with E-state index in [4.69, 9.17) is 4.74 Å². The molecule has 0 N–H and O–H groups in total. The summed E-state index contributed by atoms with van der Waals surface area (Å²) in [7, 11) is 0. The van der Waals surface area contributed by atoms with Gasteiger partial charge in [-0.2, -0.15) is 0 Å². The Labute approximate surface area is 144 Å². The zero-order valence-electron chi connectivity index (χ0n) is 14.5. The van der Waals surface area contributed by atoms with Crippen molar-refractivity contribution in [3.8, 4) is 5.75 Å². The number of allylic oxidation sites excluding steroid dienone is 3. The Morgan fingerprint density at radius 3 is 2.46 bits per heavy atom. The van der Waals surface area contributed by atoms with Crippen LogP contribution in [-0.4, -0.2) is 5.60 Å². The molecule has 0 saturated heterocycles. The SMILES string of the molecule is CC1(C)C=C(C2=CCC(c3ccccc3)CC2)c2ccccc2O1. The second kappa shape index (κ2) is 5.98. The lowest BCUT2D eigenvalue weighted by Crippen LogP contribution is -2.29. The molecule has 0 amide bonds. The third kappa shape index (κ3) is 2.91. The predicted octanol–water partition coefficient (Wildman–Crippen LogP) is 6.14. The molecule has 2 aromatic carbocycles.